The van der Waals surface area contributed by atoms with E-state index in [4.69, 9.17) is 11.6 Å². The van der Waals surface area contributed by atoms with E-state index in [-0.39, 0.29) is 16.1 Å². The minimum Gasteiger partial charge on any atom is -0.207 e. The van der Waals surface area contributed by atoms with Crippen LogP contribution in [0.4, 0.5) is 4.39 Å². The number of aryl methyl sites for hydroxylation is 1. The normalized spacial score (nSPS) is 20.5. The van der Waals surface area contributed by atoms with Gasteiger partial charge in [-0.25, -0.2) is 4.39 Å². The molecule has 94 valence electrons. The molecule has 3 heteroatoms. The van der Waals surface area contributed by atoms with Crippen molar-refractivity contribution in [2.24, 2.45) is 5.41 Å². The second-order valence-corrected chi connectivity index (χ2v) is 6.67. The first-order chi connectivity index (χ1) is 7.94. The molecule has 0 heterocycles. The summed E-state index contributed by atoms with van der Waals surface area (Å²) in [6, 6.07) is 3.31. The van der Waals surface area contributed by atoms with Gasteiger partial charge in [0.15, 0.2) is 0 Å². The molecule has 0 radical (unpaired) electrons. The van der Waals surface area contributed by atoms with Crippen LogP contribution in [0.5, 0.6) is 0 Å². The highest BCUT2D eigenvalue weighted by atomic mass is 79.9. The molecule has 1 saturated carbocycles. The van der Waals surface area contributed by atoms with E-state index < -0.39 is 0 Å². The Kier molecular flexibility index (Phi) is 3.84. The van der Waals surface area contributed by atoms with Crippen LogP contribution in [0.1, 0.15) is 48.6 Å². The number of hydrogen-bond acceptors (Lipinski definition) is 0. The van der Waals surface area contributed by atoms with Crippen LogP contribution in [-0.4, -0.2) is 0 Å². The molecule has 0 bridgehead atoms. The third kappa shape index (κ3) is 2.53. The lowest BCUT2D eigenvalue weighted by Crippen LogP contribution is -2.18. The summed E-state index contributed by atoms with van der Waals surface area (Å²) in [5.41, 5.74) is 1.93. The topological polar surface area (TPSA) is 0 Å². The van der Waals surface area contributed by atoms with Gasteiger partial charge in [0.25, 0.3) is 0 Å². The van der Waals surface area contributed by atoms with Gasteiger partial charge >= 0.3 is 0 Å². The molecule has 0 amide bonds. The lowest BCUT2D eigenvalue weighted by molar-refractivity contribution is 0.331. The summed E-state index contributed by atoms with van der Waals surface area (Å²) in [6.45, 7) is 4.07. The molecule has 1 aromatic carbocycles. The Hall–Kier alpha value is -0.0800. The van der Waals surface area contributed by atoms with Crippen LogP contribution in [0, 0.1) is 18.2 Å². The van der Waals surface area contributed by atoms with Gasteiger partial charge in [-0.3, -0.25) is 0 Å². The number of halogens is 3. The Labute approximate surface area is 116 Å². The standard InChI is InChI=1S/C14H17BrClF/c1-9-7-10(11(16)8-12(9)17)13(15)14(2)5-3-4-6-14/h7-8,13H,3-6H2,1-2H3. The molecule has 1 fully saturated rings. The van der Waals surface area contributed by atoms with Crippen molar-refractivity contribution < 1.29 is 4.39 Å². The van der Waals surface area contributed by atoms with Crippen molar-refractivity contribution in [2.45, 2.75) is 44.4 Å². The van der Waals surface area contributed by atoms with Crippen molar-refractivity contribution in [3.05, 3.63) is 34.1 Å². The number of benzene rings is 1. The van der Waals surface area contributed by atoms with Gasteiger partial charge in [0.05, 0.1) is 0 Å². The highest BCUT2D eigenvalue weighted by Crippen LogP contribution is 2.52. The monoisotopic (exact) mass is 318 g/mol. The van der Waals surface area contributed by atoms with Gasteiger partial charge in [-0.05, 0) is 42.4 Å². The summed E-state index contributed by atoms with van der Waals surface area (Å²) < 4.78 is 13.4. The quantitative estimate of drug-likeness (QED) is 0.604. The molecule has 0 aromatic heterocycles. The van der Waals surface area contributed by atoms with E-state index in [9.17, 15) is 4.39 Å². The lowest BCUT2D eigenvalue weighted by Gasteiger charge is -2.31. The SMILES string of the molecule is Cc1cc(C(Br)C2(C)CCCC2)c(Cl)cc1F. The molecular formula is C14H17BrClF. The Balaban J connectivity index is 2.36. The molecule has 2 rings (SSSR count). The largest absolute Gasteiger partial charge is 0.207 e. The fraction of sp³-hybridized carbons (Fsp3) is 0.571. The molecule has 1 aromatic rings. The molecule has 0 spiro atoms. The highest BCUT2D eigenvalue weighted by Gasteiger charge is 2.37. The van der Waals surface area contributed by atoms with Crippen LogP contribution in [0.3, 0.4) is 0 Å². The third-order valence-electron chi connectivity index (χ3n) is 3.91. The first kappa shape index (κ1) is 13.4. The fourth-order valence-electron chi connectivity index (χ4n) is 2.69. The van der Waals surface area contributed by atoms with Gasteiger partial charge in [-0.1, -0.05) is 53.4 Å². The molecular weight excluding hydrogens is 303 g/mol. The van der Waals surface area contributed by atoms with Crippen LogP contribution in [0.2, 0.25) is 5.02 Å². The Morgan fingerprint density at radius 3 is 2.53 bits per heavy atom. The number of alkyl halides is 1. The second-order valence-electron chi connectivity index (χ2n) is 5.35. The van der Waals surface area contributed by atoms with E-state index >= 15 is 0 Å². The van der Waals surface area contributed by atoms with Gasteiger partial charge in [0.1, 0.15) is 5.82 Å². The molecule has 0 saturated heterocycles. The van der Waals surface area contributed by atoms with Crippen LogP contribution in [0.25, 0.3) is 0 Å². The maximum Gasteiger partial charge on any atom is 0.127 e. The fourth-order valence-corrected chi connectivity index (χ4v) is 3.91. The number of rotatable bonds is 2. The van der Waals surface area contributed by atoms with E-state index in [0.29, 0.717) is 10.6 Å². The van der Waals surface area contributed by atoms with Gasteiger partial charge in [-0.2, -0.15) is 0 Å². The summed E-state index contributed by atoms with van der Waals surface area (Å²) in [7, 11) is 0. The number of hydrogen-bond donors (Lipinski definition) is 0. The van der Waals surface area contributed by atoms with E-state index in [1.165, 1.54) is 31.7 Å². The summed E-state index contributed by atoms with van der Waals surface area (Å²) in [4.78, 5) is 0.212. The van der Waals surface area contributed by atoms with Crippen LogP contribution >= 0.6 is 27.5 Å². The summed E-state index contributed by atoms with van der Waals surface area (Å²) in [5.74, 6) is -0.227. The Morgan fingerprint density at radius 1 is 1.35 bits per heavy atom. The average Bonchev–Trinajstić information content (AvgIpc) is 2.71. The molecule has 0 nitrogen and oxygen atoms in total. The second kappa shape index (κ2) is 4.89. The molecule has 1 aliphatic rings. The minimum atomic E-state index is -0.227. The van der Waals surface area contributed by atoms with Crippen molar-refractivity contribution in [3.8, 4) is 0 Å². The zero-order valence-electron chi connectivity index (χ0n) is 10.2. The predicted octanol–water partition coefficient (Wildman–Crippen LogP) is 5.80. The molecule has 1 atom stereocenters. The van der Waals surface area contributed by atoms with E-state index in [2.05, 4.69) is 22.9 Å². The van der Waals surface area contributed by atoms with Gasteiger partial charge in [0, 0.05) is 9.85 Å². The smallest absolute Gasteiger partial charge is 0.127 e. The Morgan fingerprint density at radius 2 is 1.94 bits per heavy atom. The first-order valence-corrected chi connectivity index (χ1v) is 7.33. The first-order valence-electron chi connectivity index (χ1n) is 6.04. The van der Waals surface area contributed by atoms with Crippen molar-refractivity contribution >= 4 is 27.5 Å². The molecule has 17 heavy (non-hydrogen) atoms. The molecule has 1 unspecified atom stereocenters. The summed E-state index contributed by atoms with van der Waals surface area (Å²) in [5, 5.41) is 0.531. The van der Waals surface area contributed by atoms with Crippen molar-refractivity contribution in [1.82, 2.24) is 0 Å². The summed E-state index contributed by atoms with van der Waals surface area (Å²) >= 11 is 9.94. The third-order valence-corrected chi connectivity index (χ3v) is 5.83. The van der Waals surface area contributed by atoms with Crippen molar-refractivity contribution in [3.63, 3.8) is 0 Å². The van der Waals surface area contributed by atoms with Crippen LogP contribution < -0.4 is 0 Å². The zero-order chi connectivity index (χ0) is 12.6. The van der Waals surface area contributed by atoms with Crippen LogP contribution in [-0.2, 0) is 0 Å². The van der Waals surface area contributed by atoms with Crippen molar-refractivity contribution in [2.75, 3.05) is 0 Å². The van der Waals surface area contributed by atoms with E-state index in [1.54, 1.807) is 6.92 Å². The summed E-state index contributed by atoms with van der Waals surface area (Å²) in [6.07, 6.45) is 4.96. The van der Waals surface area contributed by atoms with Crippen LogP contribution in [0.15, 0.2) is 12.1 Å². The zero-order valence-corrected chi connectivity index (χ0v) is 12.5. The molecule has 0 N–H and O–H groups in total. The molecule has 1 aliphatic carbocycles. The predicted molar refractivity (Wildman–Crippen MR) is 74.4 cm³/mol. The highest BCUT2D eigenvalue weighted by molar-refractivity contribution is 9.09. The van der Waals surface area contributed by atoms with Gasteiger partial charge < -0.3 is 0 Å². The van der Waals surface area contributed by atoms with E-state index in [0.717, 1.165) is 5.56 Å². The minimum absolute atomic E-state index is 0.212. The lowest BCUT2D eigenvalue weighted by atomic mass is 9.81. The van der Waals surface area contributed by atoms with Gasteiger partial charge in [0.2, 0.25) is 0 Å². The van der Waals surface area contributed by atoms with Gasteiger partial charge in [-0.15, -0.1) is 0 Å². The average molecular weight is 320 g/mol. The molecule has 0 aliphatic heterocycles. The maximum atomic E-state index is 13.4. The van der Waals surface area contributed by atoms with Crippen molar-refractivity contribution in [1.29, 1.82) is 0 Å². The Bertz CT molecular complexity index is 424. The maximum absolute atomic E-state index is 13.4. The van der Waals surface area contributed by atoms with E-state index in [1.807, 2.05) is 6.07 Å².